The molecule has 0 heterocycles. The Bertz CT molecular complexity index is 129. The van der Waals surface area contributed by atoms with E-state index < -0.39 is 17.3 Å². The molecule has 1 aliphatic carbocycles. The van der Waals surface area contributed by atoms with E-state index >= 15 is 0 Å². The van der Waals surface area contributed by atoms with Crippen LogP contribution in [0.3, 0.4) is 0 Å². The quantitative estimate of drug-likeness (QED) is 0.495. The van der Waals surface area contributed by atoms with Crippen LogP contribution in [0, 0.1) is 5.41 Å². The van der Waals surface area contributed by atoms with Crippen molar-refractivity contribution < 1.29 is 8.78 Å². The van der Waals surface area contributed by atoms with Crippen molar-refractivity contribution >= 4 is 0 Å². The summed E-state index contributed by atoms with van der Waals surface area (Å²) in [5.41, 5.74) is -1.64. The first-order valence-corrected chi connectivity index (χ1v) is 3.68. The zero-order valence-corrected chi connectivity index (χ0v) is 6.75. The van der Waals surface area contributed by atoms with Crippen molar-refractivity contribution in [3.8, 4) is 0 Å². The van der Waals surface area contributed by atoms with E-state index in [1.165, 1.54) is 0 Å². The fraction of sp³-hybridized carbons (Fsp3) is 1.00. The lowest BCUT2D eigenvalue weighted by Crippen LogP contribution is -2.50. The Labute approximate surface area is 60.6 Å². The molecule has 1 aliphatic rings. The number of hydrogen-bond donors (Lipinski definition) is 0. The predicted octanol–water partition coefficient (Wildman–Crippen LogP) is 2.87. The SMILES string of the molecule is CC(C)(C)C1(F)CC(F)C1. The lowest BCUT2D eigenvalue weighted by atomic mass is 9.65. The Morgan fingerprint density at radius 1 is 1.30 bits per heavy atom. The van der Waals surface area contributed by atoms with Crippen LogP contribution in [0.25, 0.3) is 0 Å². The second-order valence-corrected chi connectivity index (χ2v) is 4.22. The molecule has 0 aromatic rings. The van der Waals surface area contributed by atoms with E-state index in [2.05, 4.69) is 0 Å². The van der Waals surface area contributed by atoms with Crippen molar-refractivity contribution in [3.05, 3.63) is 0 Å². The summed E-state index contributed by atoms with van der Waals surface area (Å²) < 4.78 is 25.7. The van der Waals surface area contributed by atoms with Crippen LogP contribution in [-0.4, -0.2) is 11.8 Å². The summed E-state index contributed by atoms with van der Waals surface area (Å²) in [6.07, 6.45) is -0.711. The zero-order chi connectivity index (χ0) is 7.99. The highest BCUT2D eigenvalue weighted by Crippen LogP contribution is 2.50. The molecule has 60 valence electrons. The lowest BCUT2D eigenvalue weighted by molar-refractivity contribution is -0.0902. The van der Waals surface area contributed by atoms with Gasteiger partial charge in [0.25, 0.3) is 0 Å². The Kier molecular flexibility index (Phi) is 1.53. The van der Waals surface area contributed by atoms with Crippen LogP contribution in [0.2, 0.25) is 0 Å². The summed E-state index contributed by atoms with van der Waals surface area (Å²) in [6.45, 7) is 5.46. The fourth-order valence-electron chi connectivity index (χ4n) is 1.25. The van der Waals surface area contributed by atoms with Crippen LogP contribution in [0.4, 0.5) is 8.78 Å². The van der Waals surface area contributed by atoms with Crippen LogP contribution < -0.4 is 0 Å². The third-order valence-electron chi connectivity index (χ3n) is 2.43. The first-order valence-electron chi connectivity index (χ1n) is 3.68. The van der Waals surface area contributed by atoms with Gasteiger partial charge in [-0.2, -0.15) is 0 Å². The molecule has 0 aromatic carbocycles. The fourth-order valence-corrected chi connectivity index (χ4v) is 1.25. The molecule has 0 nitrogen and oxygen atoms in total. The number of alkyl halides is 2. The van der Waals surface area contributed by atoms with Crippen LogP contribution in [0.5, 0.6) is 0 Å². The van der Waals surface area contributed by atoms with Crippen molar-refractivity contribution in [3.63, 3.8) is 0 Å². The van der Waals surface area contributed by atoms with Crippen molar-refractivity contribution in [2.24, 2.45) is 5.41 Å². The summed E-state index contributed by atoms with van der Waals surface area (Å²) in [6, 6.07) is 0. The monoisotopic (exact) mass is 148 g/mol. The Balaban J connectivity index is 2.57. The largest absolute Gasteiger partial charge is 0.247 e. The minimum atomic E-state index is -1.24. The van der Waals surface area contributed by atoms with Crippen molar-refractivity contribution in [1.82, 2.24) is 0 Å². The van der Waals surface area contributed by atoms with Gasteiger partial charge in [-0.1, -0.05) is 20.8 Å². The first-order chi connectivity index (χ1) is 4.35. The molecule has 1 fully saturated rings. The number of rotatable bonds is 0. The van der Waals surface area contributed by atoms with Gasteiger partial charge >= 0.3 is 0 Å². The van der Waals surface area contributed by atoms with Gasteiger partial charge in [0.1, 0.15) is 11.8 Å². The molecule has 0 aliphatic heterocycles. The maximum atomic E-state index is 13.4. The molecule has 0 saturated heterocycles. The lowest BCUT2D eigenvalue weighted by Gasteiger charge is -2.46. The van der Waals surface area contributed by atoms with E-state index in [0.29, 0.717) is 0 Å². The summed E-state index contributed by atoms with van der Waals surface area (Å²) >= 11 is 0. The van der Waals surface area contributed by atoms with Gasteiger partial charge in [-0.15, -0.1) is 0 Å². The minimum Gasteiger partial charge on any atom is -0.247 e. The normalized spacial score (nSPS) is 41.1. The van der Waals surface area contributed by atoms with E-state index in [4.69, 9.17) is 0 Å². The average Bonchev–Trinajstić information content (AvgIpc) is 1.58. The summed E-state index contributed by atoms with van der Waals surface area (Å²) in [7, 11) is 0. The van der Waals surface area contributed by atoms with E-state index in [-0.39, 0.29) is 12.8 Å². The summed E-state index contributed by atoms with van der Waals surface area (Å²) in [5.74, 6) is 0. The van der Waals surface area contributed by atoms with Crippen molar-refractivity contribution in [1.29, 1.82) is 0 Å². The maximum absolute atomic E-state index is 13.4. The molecule has 0 bridgehead atoms. The van der Waals surface area contributed by atoms with Crippen LogP contribution in [0.1, 0.15) is 33.6 Å². The molecule has 1 rings (SSSR count). The second kappa shape index (κ2) is 1.93. The van der Waals surface area contributed by atoms with Crippen molar-refractivity contribution in [2.75, 3.05) is 0 Å². The maximum Gasteiger partial charge on any atom is 0.121 e. The van der Waals surface area contributed by atoms with E-state index in [1.807, 2.05) is 20.8 Å². The third-order valence-corrected chi connectivity index (χ3v) is 2.43. The predicted molar refractivity (Wildman–Crippen MR) is 37.4 cm³/mol. The molecule has 10 heavy (non-hydrogen) atoms. The molecule has 0 aromatic heterocycles. The number of halogens is 2. The molecule has 0 unspecified atom stereocenters. The molecular formula is C8H14F2. The molecule has 0 spiro atoms. The summed E-state index contributed by atoms with van der Waals surface area (Å²) in [5, 5.41) is 0. The van der Waals surface area contributed by atoms with Gasteiger partial charge in [0.05, 0.1) is 0 Å². The highest BCUT2D eigenvalue weighted by Gasteiger charge is 2.53. The van der Waals surface area contributed by atoms with Gasteiger partial charge in [0, 0.05) is 12.8 Å². The topological polar surface area (TPSA) is 0 Å². The zero-order valence-electron chi connectivity index (χ0n) is 6.75. The van der Waals surface area contributed by atoms with Crippen LogP contribution in [-0.2, 0) is 0 Å². The smallest absolute Gasteiger partial charge is 0.121 e. The van der Waals surface area contributed by atoms with Gasteiger partial charge < -0.3 is 0 Å². The molecule has 0 atom stereocenters. The molecule has 0 amide bonds. The van der Waals surface area contributed by atoms with E-state index in [1.54, 1.807) is 0 Å². The van der Waals surface area contributed by atoms with Gasteiger partial charge in [-0.25, -0.2) is 8.78 Å². The van der Waals surface area contributed by atoms with E-state index in [0.717, 1.165) is 0 Å². The molecule has 2 heteroatoms. The van der Waals surface area contributed by atoms with E-state index in [9.17, 15) is 8.78 Å². The van der Waals surface area contributed by atoms with Gasteiger partial charge in [-0.3, -0.25) is 0 Å². The van der Waals surface area contributed by atoms with Crippen molar-refractivity contribution in [2.45, 2.75) is 45.5 Å². The third kappa shape index (κ3) is 1.04. The van der Waals surface area contributed by atoms with Gasteiger partial charge in [0.2, 0.25) is 0 Å². The minimum absolute atomic E-state index is 0.0938. The highest BCUT2D eigenvalue weighted by atomic mass is 19.2. The average molecular weight is 148 g/mol. The van der Waals surface area contributed by atoms with Crippen LogP contribution >= 0.6 is 0 Å². The Morgan fingerprint density at radius 3 is 1.80 bits per heavy atom. The Morgan fingerprint density at radius 2 is 1.70 bits per heavy atom. The van der Waals surface area contributed by atoms with Gasteiger partial charge in [0.15, 0.2) is 0 Å². The highest BCUT2D eigenvalue weighted by molar-refractivity contribution is 5.02. The van der Waals surface area contributed by atoms with Crippen LogP contribution in [0.15, 0.2) is 0 Å². The first kappa shape index (κ1) is 7.96. The number of hydrogen-bond acceptors (Lipinski definition) is 0. The van der Waals surface area contributed by atoms with Gasteiger partial charge in [-0.05, 0) is 5.41 Å². The standard InChI is InChI=1S/C8H14F2/c1-7(2,3)8(10)4-6(9)5-8/h6H,4-5H2,1-3H3. The molecule has 0 radical (unpaired) electrons. The second-order valence-electron chi connectivity index (χ2n) is 4.22. The summed E-state index contributed by atoms with van der Waals surface area (Å²) in [4.78, 5) is 0. The molecule has 1 saturated carbocycles. The Hall–Kier alpha value is -0.140. The molecular weight excluding hydrogens is 134 g/mol. The molecule has 0 N–H and O–H groups in total.